The van der Waals surface area contributed by atoms with Gasteiger partial charge in [0.15, 0.2) is 0 Å². The summed E-state index contributed by atoms with van der Waals surface area (Å²) in [6.45, 7) is 3.85. The van der Waals surface area contributed by atoms with E-state index in [0.29, 0.717) is 16.7 Å². The van der Waals surface area contributed by atoms with Crippen LogP contribution in [0.25, 0.3) is 0 Å². The Labute approximate surface area is 132 Å². The lowest BCUT2D eigenvalue weighted by Crippen LogP contribution is -2.14. The molecule has 2 aromatic rings. The minimum Gasteiger partial charge on any atom is -0.438 e. The minimum atomic E-state index is 0.610. The summed E-state index contributed by atoms with van der Waals surface area (Å²) < 4.78 is 6.68. The van der Waals surface area contributed by atoms with Crippen molar-refractivity contribution in [3.05, 3.63) is 51.6 Å². The van der Waals surface area contributed by atoms with Crippen molar-refractivity contribution < 1.29 is 4.74 Å². The lowest BCUT2D eigenvalue weighted by molar-refractivity contribution is 0.450. The normalized spacial score (nSPS) is 10.6. The van der Waals surface area contributed by atoms with Crippen LogP contribution in [0.5, 0.6) is 11.6 Å². The van der Waals surface area contributed by atoms with E-state index in [1.807, 2.05) is 18.2 Å². The van der Waals surface area contributed by atoms with E-state index in [2.05, 4.69) is 33.2 Å². The van der Waals surface area contributed by atoms with Gasteiger partial charge in [0, 0.05) is 23.3 Å². The van der Waals surface area contributed by atoms with Crippen LogP contribution >= 0.6 is 27.5 Å². The van der Waals surface area contributed by atoms with Crippen molar-refractivity contribution in [3.8, 4) is 11.6 Å². The van der Waals surface area contributed by atoms with Crippen molar-refractivity contribution in [2.45, 2.75) is 19.9 Å². The van der Waals surface area contributed by atoms with Gasteiger partial charge in [-0.1, -0.05) is 24.6 Å². The number of halogens is 2. The van der Waals surface area contributed by atoms with Crippen molar-refractivity contribution in [2.24, 2.45) is 0 Å². The largest absolute Gasteiger partial charge is 0.438 e. The van der Waals surface area contributed by atoms with Gasteiger partial charge in [0.25, 0.3) is 0 Å². The van der Waals surface area contributed by atoms with Gasteiger partial charge in [-0.15, -0.1) is 0 Å². The van der Waals surface area contributed by atoms with Gasteiger partial charge in [-0.2, -0.15) is 0 Å². The number of pyridine rings is 1. The van der Waals surface area contributed by atoms with E-state index in [1.54, 1.807) is 18.3 Å². The molecule has 0 saturated heterocycles. The average molecular weight is 356 g/mol. The second kappa shape index (κ2) is 7.62. The Hall–Kier alpha value is -1.10. The van der Waals surface area contributed by atoms with Gasteiger partial charge in [0.2, 0.25) is 5.88 Å². The third-order valence-electron chi connectivity index (χ3n) is 2.69. The van der Waals surface area contributed by atoms with Crippen LogP contribution in [0.3, 0.4) is 0 Å². The molecule has 1 N–H and O–H groups in total. The molecule has 3 nitrogen and oxygen atoms in total. The molecule has 2 rings (SSSR count). The van der Waals surface area contributed by atoms with Gasteiger partial charge in [0.05, 0.1) is 4.47 Å². The molecule has 5 heteroatoms. The monoisotopic (exact) mass is 354 g/mol. The molecule has 20 heavy (non-hydrogen) atoms. The first-order valence-electron chi connectivity index (χ1n) is 6.48. The Balaban J connectivity index is 2.16. The van der Waals surface area contributed by atoms with E-state index >= 15 is 0 Å². The summed E-state index contributed by atoms with van der Waals surface area (Å²) in [5.74, 6) is 1.31. The smallest absolute Gasteiger partial charge is 0.223 e. The van der Waals surface area contributed by atoms with Gasteiger partial charge >= 0.3 is 0 Å². The number of rotatable bonds is 6. The van der Waals surface area contributed by atoms with Crippen LogP contribution in [0.2, 0.25) is 5.02 Å². The first-order valence-corrected chi connectivity index (χ1v) is 7.65. The van der Waals surface area contributed by atoms with Crippen molar-refractivity contribution in [1.82, 2.24) is 10.3 Å². The number of hydrogen-bond acceptors (Lipinski definition) is 3. The standard InChI is InChI=1S/C15H16BrClN2O/c1-2-7-18-10-11-4-3-8-19-15(11)20-14-6-5-12(17)9-13(14)16/h3-6,8-9,18H,2,7,10H2,1H3. The van der Waals surface area contributed by atoms with Gasteiger partial charge in [0.1, 0.15) is 5.75 Å². The van der Waals surface area contributed by atoms with Crippen molar-refractivity contribution in [2.75, 3.05) is 6.54 Å². The molecule has 0 bridgehead atoms. The predicted octanol–water partition coefficient (Wildman–Crippen LogP) is 4.79. The summed E-state index contributed by atoms with van der Waals surface area (Å²) in [4.78, 5) is 4.30. The minimum absolute atomic E-state index is 0.610. The maximum atomic E-state index is 5.92. The summed E-state index contributed by atoms with van der Waals surface area (Å²) in [5, 5.41) is 4.01. The first kappa shape index (κ1) is 15.3. The highest BCUT2D eigenvalue weighted by atomic mass is 79.9. The van der Waals surface area contributed by atoms with E-state index in [-0.39, 0.29) is 0 Å². The summed E-state index contributed by atoms with van der Waals surface area (Å²) >= 11 is 9.36. The average Bonchev–Trinajstić information content (AvgIpc) is 2.44. The number of ether oxygens (including phenoxy) is 1. The maximum Gasteiger partial charge on any atom is 0.223 e. The van der Waals surface area contributed by atoms with Crippen molar-refractivity contribution in [3.63, 3.8) is 0 Å². The fourth-order valence-corrected chi connectivity index (χ4v) is 2.48. The third-order valence-corrected chi connectivity index (χ3v) is 3.55. The Morgan fingerprint density at radius 3 is 2.95 bits per heavy atom. The Morgan fingerprint density at radius 1 is 1.35 bits per heavy atom. The summed E-state index contributed by atoms with van der Waals surface area (Å²) in [5.41, 5.74) is 1.03. The molecule has 0 aliphatic heterocycles. The molecule has 0 aliphatic carbocycles. The third kappa shape index (κ3) is 4.20. The lowest BCUT2D eigenvalue weighted by atomic mass is 10.2. The number of nitrogens with zero attached hydrogens (tertiary/aromatic N) is 1. The fourth-order valence-electron chi connectivity index (χ4n) is 1.71. The summed E-state index contributed by atoms with van der Waals surface area (Å²) in [6, 6.07) is 9.33. The highest BCUT2D eigenvalue weighted by Crippen LogP contribution is 2.32. The molecule has 106 valence electrons. The molecule has 0 amide bonds. The fraction of sp³-hybridized carbons (Fsp3) is 0.267. The zero-order valence-corrected chi connectivity index (χ0v) is 13.5. The van der Waals surface area contributed by atoms with E-state index in [4.69, 9.17) is 16.3 Å². The molecule has 0 fully saturated rings. The maximum absolute atomic E-state index is 5.92. The predicted molar refractivity (Wildman–Crippen MR) is 85.5 cm³/mol. The van der Waals surface area contributed by atoms with Crippen LogP contribution in [0.4, 0.5) is 0 Å². The van der Waals surface area contributed by atoms with Crippen LogP contribution in [0.1, 0.15) is 18.9 Å². The Morgan fingerprint density at radius 2 is 2.20 bits per heavy atom. The Bertz CT molecular complexity index is 578. The molecule has 0 atom stereocenters. The summed E-state index contributed by atoms with van der Waals surface area (Å²) in [7, 11) is 0. The molecule has 0 radical (unpaired) electrons. The molecular formula is C15H16BrClN2O. The quantitative estimate of drug-likeness (QED) is 0.757. The second-order valence-corrected chi connectivity index (χ2v) is 5.61. The lowest BCUT2D eigenvalue weighted by Gasteiger charge is -2.11. The molecule has 0 spiro atoms. The van der Waals surface area contributed by atoms with Crippen LogP contribution in [-0.2, 0) is 6.54 Å². The SMILES string of the molecule is CCCNCc1cccnc1Oc1ccc(Cl)cc1Br. The molecule has 0 unspecified atom stereocenters. The topological polar surface area (TPSA) is 34.2 Å². The molecule has 0 aliphatic rings. The van der Waals surface area contributed by atoms with E-state index in [0.717, 1.165) is 29.5 Å². The number of nitrogens with one attached hydrogen (secondary N) is 1. The van der Waals surface area contributed by atoms with E-state index in [9.17, 15) is 0 Å². The number of benzene rings is 1. The van der Waals surface area contributed by atoms with Crippen molar-refractivity contribution >= 4 is 27.5 Å². The van der Waals surface area contributed by atoms with Gasteiger partial charge < -0.3 is 10.1 Å². The van der Waals surface area contributed by atoms with Crippen LogP contribution in [0.15, 0.2) is 41.0 Å². The van der Waals surface area contributed by atoms with Gasteiger partial charge in [-0.05, 0) is 53.2 Å². The highest BCUT2D eigenvalue weighted by Gasteiger charge is 2.08. The first-order chi connectivity index (χ1) is 9.70. The van der Waals surface area contributed by atoms with Crippen LogP contribution in [0, 0.1) is 0 Å². The highest BCUT2D eigenvalue weighted by molar-refractivity contribution is 9.10. The zero-order chi connectivity index (χ0) is 14.4. The number of hydrogen-bond donors (Lipinski definition) is 1. The van der Waals surface area contributed by atoms with Crippen LogP contribution in [-0.4, -0.2) is 11.5 Å². The van der Waals surface area contributed by atoms with Gasteiger partial charge in [-0.25, -0.2) is 4.98 Å². The van der Waals surface area contributed by atoms with E-state index < -0.39 is 0 Å². The molecule has 1 heterocycles. The summed E-state index contributed by atoms with van der Waals surface area (Å²) in [6.07, 6.45) is 2.82. The molecule has 1 aromatic heterocycles. The zero-order valence-electron chi connectivity index (χ0n) is 11.2. The van der Waals surface area contributed by atoms with Gasteiger partial charge in [-0.3, -0.25) is 0 Å². The molecular weight excluding hydrogens is 340 g/mol. The molecule has 0 saturated carbocycles. The molecule has 1 aromatic carbocycles. The van der Waals surface area contributed by atoms with E-state index in [1.165, 1.54) is 0 Å². The number of aromatic nitrogens is 1. The Kier molecular flexibility index (Phi) is 5.83. The van der Waals surface area contributed by atoms with Crippen molar-refractivity contribution in [1.29, 1.82) is 0 Å². The second-order valence-electron chi connectivity index (χ2n) is 4.32. The van der Waals surface area contributed by atoms with Crippen LogP contribution < -0.4 is 10.1 Å².